The van der Waals surface area contributed by atoms with E-state index in [1.807, 2.05) is 0 Å². The van der Waals surface area contributed by atoms with Gasteiger partial charge in [0.05, 0.1) is 4.92 Å². The summed E-state index contributed by atoms with van der Waals surface area (Å²) in [5.41, 5.74) is 6.62. The van der Waals surface area contributed by atoms with Crippen LogP contribution in [0.4, 0.5) is 11.7 Å². The van der Waals surface area contributed by atoms with Gasteiger partial charge in [0.2, 0.25) is 0 Å². The van der Waals surface area contributed by atoms with Gasteiger partial charge < -0.3 is 15.5 Å². The molecular formula is C12H16N4O3. The molecule has 0 aliphatic heterocycles. The van der Waals surface area contributed by atoms with Crippen molar-refractivity contribution in [2.24, 2.45) is 5.73 Å². The number of hydrogen-bond acceptors (Lipinski definition) is 6. The number of hydrogen-bond donors (Lipinski definition) is 2. The minimum Gasteiger partial charge on any atom is -0.424 e. The van der Waals surface area contributed by atoms with Gasteiger partial charge >= 0.3 is 0 Å². The van der Waals surface area contributed by atoms with Crippen LogP contribution < -0.4 is 11.1 Å². The predicted octanol–water partition coefficient (Wildman–Crippen LogP) is 2.28. The van der Waals surface area contributed by atoms with Crippen LogP contribution in [0.15, 0.2) is 22.6 Å². The Morgan fingerprint density at radius 1 is 1.58 bits per heavy atom. The minimum atomic E-state index is -0.457. The summed E-state index contributed by atoms with van der Waals surface area (Å²) in [6.07, 6.45) is 1.91. The predicted molar refractivity (Wildman–Crippen MR) is 72.0 cm³/mol. The molecule has 1 unspecified atom stereocenters. The Hall–Kier alpha value is -2.15. The highest BCUT2D eigenvalue weighted by Crippen LogP contribution is 2.23. The number of rotatable bonds is 6. The number of benzene rings is 1. The third-order valence-corrected chi connectivity index (χ3v) is 2.83. The second-order valence-electron chi connectivity index (χ2n) is 4.29. The van der Waals surface area contributed by atoms with Crippen LogP contribution in [0.3, 0.4) is 0 Å². The van der Waals surface area contributed by atoms with E-state index < -0.39 is 4.92 Å². The molecule has 1 atom stereocenters. The summed E-state index contributed by atoms with van der Waals surface area (Å²) in [7, 11) is 0. The monoisotopic (exact) mass is 264 g/mol. The summed E-state index contributed by atoms with van der Waals surface area (Å²) in [4.78, 5) is 14.4. The van der Waals surface area contributed by atoms with E-state index in [9.17, 15) is 10.1 Å². The summed E-state index contributed by atoms with van der Waals surface area (Å²) in [5, 5.41) is 13.8. The molecule has 7 heteroatoms. The molecular weight excluding hydrogens is 248 g/mol. The van der Waals surface area contributed by atoms with Crippen molar-refractivity contribution in [3.8, 4) is 0 Å². The molecule has 0 saturated carbocycles. The van der Waals surface area contributed by atoms with Gasteiger partial charge in [0.25, 0.3) is 11.7 Å². The van der Waals surface area contributed by atoms with Crippen LogP contribution in [0.5, 0.6) is 0 Å². The number of nitrogens with two attached hydrogens (primary N) is 1. The van der Waals surface area contributed by atoms with E-state index in [1.165, 1.54) is 12.1 Å². The van der Waals surface area contributed by atoms with E-state index in [0.717, 1.165) is 12.8 Å². The number of nitrogens with one attached hydrogen (secondary N) is 1. The number of nitro benzene ring substituents is 1. The highest BCUT2D eigenvalue weighted by molar-refractivity contribution is 5.77. The van der Waals surface area contributed by atoms with Crippen molar-refractivity contribution >= 4 is 22.8 Å². The molecule has 0 bridgehead atoms. The minimum absolute atomic E-state index is 0.00344. The largest absolute Gasteiger partial charge is 0.424 e. The zero-order chi connectivity index (χ0) is 13.8. The van der Waals surface area contributed by atoms with Crippen molar-refractivity contribution in [1.82, 2.24) is 4.98 Å². The van der Waals surface area contributed by atoms with E-state index in [0.29, 0.717) is 23.7 Å². The quantitative estimate of drug-likeness (QED) is 0.612. The van der Waals surface area contributed by atoms with Gasteiger partial charge in [0.1, 0.15) is 5.52 Å². The smallest absolute Gasteiger partial charge is 0.295 e. The molecule has 19 heavy (non-hydrogen) atoms. The van der Waals surface area contributed by atoms with Crippen LogP contribution in [-0.4, -0.2) is 22.5 Å². The maximum atomic E-state index is 10.7. The molecule has 0 aliphatic rings. The van der Waals surface area contributed by atoms with Crippen molar-refractivity contribution in [3.05, 3.63) is 28.3 Å². The van der Waals surface area contributed by atoms with Gasteiger partial charge in [-0.1, -0.05) is 13.3 Å². The maximum Gasteiger partial charge on any atom is 0.295 e. The van der Waals surface area contributed by atoms with Crippen LogP contribution in [0.1, 0.15) is 19.8 Å². The van der Waals surface area contributed by atoms with Crippen LogP contribution in [0.2, 0.25) is 0 Å². The van der Waals surface area contributed by atoms with Crippen LogP contribution >= 0.6 is 0 Å². The molecule has 7 nitrogen and oxygen atoms in total. The van der Waals surface area contributed by atoms with Gasteiger partial charge in [-0.05, 0) is 12.5 Å². The fourth-order valence-corrected chi connectivity index (χ4v) is 1.86. The topological polar surface area (TPSA) is 107 Å². The number of non-ortho nitro benzene ring substituents is 1. The summed E-state index contributed by atoms with van der Waals surface area (Å²) in [6, 6.07) is 4.76. The lowest BCUT2D eigenvalue weighted by Gasteiger charge is -2.13. The number of nitrogens with zero attached hydrogens (tertiary/aromatic N) is 2. The molecule has 1 aromatic heterocycles. The molecule has 2 rings (SSSR count). The maximum absolute atomic E-state index is 10.7. The SMILES string of the molecule is CCCC(CN)Nc1nc2cc([N+](=O)[O-])ccc2o1. The number of fused-ring (bicyclic) bond motifs is 1. The Morgan fingerprint density at radius 3 is 3.00 bits per heavy atom. The third-order valence-electron chi connectivity index (χ3n) is 2.83. The zero-order valence-corrected chi connectivity index (χ0v) is 10.6. The van der Waals surface area contributed by atoms with Gasteiger partial charge in [-0.15, -0.1) is 0 Å². The fraction of sp³-hybridized carbons (Fsp3) is 0.417. The Kier molecular flexibility index (Phi) is 3.96. The number of anilines is 1. The van der Waals surface area contributed by atoms with Gasteiger partial charge in [-0.25, -0.2) is 0 Å². The molecule has 0 aliphatic carbocycles. The number of oxazole rings is 1. The second-order valence-corrected chi connectivity index (χ2v) is 4.29. The lowest BCUT2D eigenvalue weighted by Crippen LogP contribution is -2.28. The molecule has 1 heterocycles. The third kappa shape index (κ3) is 3.00. The molecule has 102 valence electrons. The Balaban J connectivity index is 2.23. The molecule has 3 N–H and O–H groups in total. The Morgan fingerprint density at radius 2 is 2.37 bits per heavy atom. The Labute approximate surface area is 109 Å². The second kappa shape index (κ2) is 5.66. The van der Waals surface area contributed by atoms with Crippen molar-refractivity contribution in [2.75, 3.05) is 11.9 Å². The van der Waals surface area contributed by atoms with Crippen LogP contribution in [0.25, 0.3) is 11.1 Å². The van der Waals surface area contributed by atoms with E-state index in [1.54, 1.807) is 6.07 Å². The molecule has 1 aromatic carbocycles. The first kappa shape index (κ1) is 13.3. The number of nitro groups is 1. The van der Waals surface area contributed by atoms with Gasteiger partial charge in [0.15, 0.2) is 5.58 Å². The first-order chi connectivity index (χ1) is 9.13. The van der Waals surface area contributed by atoms with E-state index in [-0.39, 0.29) is 11.7 Å². The standard InChI is InChI=1S/C12H16N4O3/c1-2-3-8(7-13)14-12-15-10-6-9(16(17)18)4-5-11(10)19-12/h4-6,8H,2-3,7,13H2,1H3,(H,14,15). The van der Waals surface area contributed by atoms with Crippen molar-refractivity contribution in [3.63, 3.8) is 0 Å². The summed E-state index contributed by atoms with van der Waals surface area (Å²) in [6.45, 7) is 2.55. The van der Waals surface area contributed by atoms with Crippen molar-refractivity contribution in [2.45, 2.75) is 25.8 Å². The molecule has 0 radical (unpaired) electrons. The molecule has 2 aromatic rings. The summed E-state index contributed by atoms with van der Waals surface area (Å²) < 4.78 is 5.48. The van der Waals surface area contributed by atoms with Gasteiger partial charge in [-0.3, -0.25) is 10.1 Å². The number of aromatic nitrogens is 1. The van der Waals surface area contributed by atoms with Gasteiger partial charge in [0, 0.05) is 24.7 Å². The van der Waals surface area contributed by atoms with Gasteiger partial charge in [-0.2, -0.15) is 4.98 Å². The first-order valence-electron chi connectivity index (χ1n) is 6.15. The molecule has 0 saturated heterocycles. The van der Waals surface area contributed by atoms with E-state index in [2.05, 4.69) is 17.2 Å². The lowest BCUT2D eigenvalue weighted by atomic mass is 10.2. The van der Waals surface area contributed by atoms with Crippen molar-refractivity contribution < 1.29 is 9.34 Å². The molecule has 0 fully saturated rings. The molecule has 0 spiro atoms. The normalized spacial score (nSPS) is 12.5. The molecule has 0 amide bonds. The average Bonchev–Trinajstić information content (AvgIpc) is 2.79. The lowest BCUT2D eigenvalue weighted by molar-refractivity contribution is -0.384. The highest BCUT2D eigenvalue weighted by Gasteiger charge is 2.13. The van der Waals surface area contributed by atoms with Crippen LogP contribution in [0, 0.1) is 10.1 Å². The van der Waals surface area contributed by atoms with Crippen molar-refractivity contribution in [1.29, 1.82) is 0 Å². The zero-order valence-electron chi connectivity index (χ0n) is 10.6. The van der Waals surface area contributed by atoms with Crippen LogP contribution in [-0.2, 0) is 0 Å². The fourth-order valence-electron chi connectivity index (χ4n) is 1.86. The summed E-state index contributed by atoms with van der Waals surface area (Å²) >= 11 is 0. The highest BCUT2D eigenvalue weighted by atomic mass is 16.6. The Bertz CT molecular complexity index is 581. The average molecular weight is 264 g/mol. The van der Waals surface area contributed by atoms with E-state index >= 15 is 0 Å². The summed E-state index contributed by atoms with van der Waals surface area (Å²) in [5.74, 6) is 0. The van der Waals surface area contributed by atoms with E-state index in [4.69, 9.17) is 10.2 Å². The first-order valence-corrected chi connectivity index (χ1v) is 6.15.